The summed E-state index contributed by atoms with van der Waals surface area (Å²) in [4.78, 5) is 7.82. The summed E-state index contributed by atoms with van der Waals surface area (Å²) < 4.78 is 1.58. The molecule has 1 heterocycles. The van der Waals surface area contributed by atoms with Crippen LogP contribution in [0.3, 0.4) is 0 Å². The van der Waals surface area contributed by atoms with Crippen LogP contribution in [0.4, 0.5) is 0 Å². The van der Waals surface area contributed by atoms with E-state index in [1.165, 1.54) is 5.56 Å². The average molecular weight is 357 g/mol. The molecule has 0 aliphatic heterocycles. The number of aryl methyl sites for hydroxylation is 1. The van der Waals surface area contributed by atoms with E-state index in [9.17, 15) is 0 Å². The van der Waals surface area contributed by atoms with Crippen LogP contribution in [0, 0.1) is 11.6 Å². The molecule has 0 atom stereocenters. The zero-order valence-electron chi connectivity index (χ0n) is 11.4. The molecule has 0 spiro atoms. The van der Waals surface area contributed by atoms with Gasteiger partial charge in [0.15, 0.2) is 0 Å². The molecule has 0 fully saturated rings. The first-order valence-corrected chi connectivity index (χ1v) is 7.77. The van der Waals surface area contributed by atoms with Crippen LogP contribution in [-0.4, -0.2) is 9.97 Å². The van der Waals surface area contributed by atoms with Gasteiger partial charge in [0.2, 0.25) is 0 Å². The minimum atomic E-state index is 0.579. The van der Waals surface area contributed by atoms with Gasteiger partial charge in [-0.05, 0) is 36.2 Å². The van der Waals surface area contributed by atoms with Crippen LogP contribution in [0.25, 0.3) is 22.6 Å². The second-order valence-corrected chi connectivity index (χ2v) is 6.10. The van der Waals surface area contributed by atoms with Crippen LogP contribution in [0.5, 0.6) is 0 Å². The maximum absolute atomic E-state index is 5.31. The Bertz CT molecular complexity index is 841. The van der Waals surface area contributed by atoms with Gasteiger partial charge in [-0.1, -0.05) is 64.5 Å². The minimum absolute atomic E-state index is 0.579. The Hall–Kier alpha value is -1.78. The van der Waals surface area contributed by atoms with E-state index in [-0.39, 0.29) is 0 Å². The van der Waals surface area contributed by atoms with Crippen molar-refractivity contribution in [3.63, 3.8) is 0 Å². The third kappa shape index (κ3) is 3.12. The van der Waals surface area contributed by atoms with Crippen molar-refractivity contribution in [1.29, 1.82) is 0 Å². The van der Waals surface area contributed by atoms with E-state index in [1.54, 1.807) is 0 Å². The number of hydrogen-bond acceptors (Lipinski definition) is 2. The summed E-state index contributed by atoms with van der Waals surface area (Å²) in [5, 5.41) is 0. The van der Waals surface area contributed by atoms with Crippen molar-refractivity contribution in [2.75, 3.05) is 0 Å². The van der Waals surface area contributed by atoms with Crippen molar-refractivity contribution >= 4 is 28.1 Å². The first kappa shape index (κ1) is 14.2. The van der Waals surface area contributed by atoms with Gasteiger partial charge in [-0.3, -0.25) is 0 Å². The largest absolute Gasteiger partial charge is 0.339 e. The Balaban J connectivity index is 2.16. The van der Waals surface area contributed by atoms with Crippen molar-refractivity contribution in [2.24, 2.45) is 0 Å². The molecule has 0 aliphatic carbocycles. The van der Waals surface area contributed by atoms with Crippen molar-refractivity contribution in [1.82, 2.24) is 9.97 Å². The van der Waals surface area contributed by atoms with Gasteiger partial charge in [-0.25, -0.2) is 4.98 Å². The van der Waals surface area contributed by atoms with Crippen LogP contribution < -0.4 is 0 Å². The number of benzene rings is 2. The van der Waals surface area contributed by atoms with E-state index in [2.05, 4.69) is 57.1 Å². The highest BCUT2D eigenvalue weighted by Crippen LogP contribution is 2.28. The predicted molar refractivity (Wildman–Crippen MR) is 92.7 cm³/mol. The Morgan fingerprint density at radius 3 is 2.52 bits per heavy atom. The molecule has 0 unspecified atom stereocenters. The molecule has 104 valence electrons. The number of H-pyrrole nitrogens is 1. The summed E-state index contributed by atoms with van der Waals surface area (Å²) in [5.41, 5.74) is 4.27. The van der Waals surface area contributed by atoms with Gasteiger partial charge >= 0.3 is 0 Å². The molecule has 4 heteroatoms. The molecular formula is C17H13BrN2S. The summed E-state index contributed by atoms with van der Waals surface area (Å²) in [6.07, 6.45) is 0. The molecule has 2 nitrogen and oxygen atoms in total. The van der Waals surface area contributed by atoms with Crippen molar-refractivity contribution in [3.05, 3.63) is 69.3 Å². The maximum Gasteiger partial charge on any atom is 0.140 e. The standard InChI is InChI=1S/C17H13BrN2S/c1-11-7-8-13(14(18)9-11)17-19-15(10-16(21)20-17)12-5-3-2-4-6-12/h2-10H,1H3,(H,19,20,21). The summed E-state index contributed by atoms with van der Waals surface area (Å²) in [5.74, 6) is 0.772. The van der Waals surface area contributed by atoms with Gasteiger partial charge in [0.1, 0.15) is 10.5 Å². The van der Waals surface area contributed by atoms with Gasteiger partial charge in [0, 0.05) is 15.7 Å². The zero-order chi connectivity index (χ0) is 14.8. The van der Waals surface area contributed by atoms with Crippen LogP contribution >= 0.6 is 28.1 Å². The summed E-state index contributed by atoms with van der Waals surface area (Å²) in [7, 11) is 0. The minimum Gasteiger partial charge on any atom is -0.339 e. The van der Waals surface area contributed by atoms with Crippen LogP contribution in [0.15, 0.2) is 59.1 Å². The molecule has 0 bridgehead atoms. The van der Waals surface area contributed by atoms with Gasteiger partial charge < -0.3 is 4.98 Å². The molecule has 3 aromatic rings. The quantitative estimate of drug-likeness (QED) is 0.610. The number of aromatic amines is 1. The number of halogens is 1. The van der Waals surface area contributed by atoms with E-state index in [0.717, 1.165) is 27.1 Å². The van der Waals surface area contributed by atoms with E-state index in [4.69, 9.17) is 12.2 Å². The summed E-state index contributed by atoms with van der Waals surface area (Å²) >= 11 is 8.90. The summed E-state index contributed by atoms with van der Waals surface area (Å²) in [6.45, 7) is 2.06. The molecule has 0 saturated carbocycles. The number of nitrogens with one attached hydrogen (secondary N) is 1. The van der Waals surface area contributed by atoms with Crippen LogP contribution in [0.2, 0.25) is 0 Å². The van der Waals surface area contributed by atoms with E-state index < -0.39 is 0 Å². The smallest absolute Gasteiger partial charge is 0.140 e. The van der Waals surface area contributed by atoms with E-state index >= 15 is 0 Å². The van der Waals surface area contributed by atoms with Gasteiger partial charge in [0.05, 0.1) is 0 Å². The zero-order valence-corrected chi connectivity index (χ0v) is 13.8. The molecule has 3 rings (SSSR count). The molecule has 0 radical (unpaired) electrons. The first-order valence-electron chi connectivity index (χ1n) is 6.57. The summed E-state index contributed by atoms with van der Waals surface area (Å²) in [6, 6.07) is 18.2. The fraction of sp³-hybridized carbons (Fsp3) is 0.0588. The first-order chi connectivity index (χ1) is 10.1. The van der Waals surface area contributed by atoms with Gasteiger partial charge in [0.25, 0.3) is 0 Å². The Kier molecular flexibility index (Phi) is 3.99. The third-order valence-electron chi connectivity index (χ3n) is 3.21. The molecule has 1 aromatic heterocycles. The molecule has 0 aliphatic rings. The van der Waals surface area contributed by atoms with Crippen molar-refractivity contribution in [3.8, 4) is 22.6 Å². The van der Waals surface area contributed by atoms with Crippen LogP contribution in [0.1, 0.15) is 5.56 Å². The monoisotopic (exact) mass is 356 g/mol. The number of rotatable bonds is 2. The lowest BCUT2D eigenvalue weighted by atomic mass is 10.1. The molecule has 1 N–H and O–H groups in total. The van der Waals surface area contributed by atoms with E-state index in [1.807, 2.05) is 30.3 Å². The topological polar surface area (TPSA) is 28.7 Å². The van der Waals surface area contributed by atoms with Gasteiger partial charge in [-0.2, -0.15) is 0 Å². The highest BCUT2D eigenvalue weighted by Gasteiger charge is 2.07. The van der Waals surface area contributed by atoms with Crippen molar-refractivity contribution < 1.29 is 0 Å². The fourth-order valence-corrected chi connectivity index (χ4v) is 3.06. The number of hydrogen-bond donors (Lipinski definition) is 1. The van der Waals surface area contributed by atoms with Crippen molar-refractivity contribution in [2.45, 2.75) is 6.92 Å². The van der Waals surface area contributed by atoms with Gasteiger partial charge in [-0.15, -0.1) is 0 Å². The number of nitrogens with zero attached hydrogens (tertiary/aromatic N) is 1. The van der Waals surface area contributed by atoms with E-state index in [0.29, 0.717) is 4.64 Å². The Morgan fingerprint density at radius 2 is 1.81 bits per heavy atom. The SMILES string of the molecule is Cc1ccc(-c2nc(=S)cc(-c3ccccc3)[nH]2)c(Br)c1. The molecular weight excluding hydrogens is 344 g/mol. The molecule has 0 amide bonds. The lowest BCUT2D eigenvalue weighted by Gasteiger charge is -2.08. The predicted octanol–water partition coefficient (Wildman–Crippen LogP) is 5.54. The lowest BCUT2D eigenvalue weighted by molar-refractivity contribution is 1.16. The second kappa shape index (κ2) is 5.92. The normalized spacial score (nSPS) is 10.6. The maximum atomic E-state index is 5.31. The number of aromatic nitrogens is 2. The lowest BCUT2D eigenvalue weighted by Crippen LogP contribution is -1.94. The average Bonchev–Trinajstić information content (AvgIpc) is 2.47. The van der Waals surface area contributed by atoms with Crippen LogP contribution in [-0.2, 0) is 0 Å². The Morgan fingerprint density at radius 1 is 1.05 bits per heavy atom. The second-order valence-electron chi connectivity index (χ2n) is 4.83. The molecule has 2 aromatic carbocycles. The highest BCUT2D eigenvalue weighted by atomic mass is 79.9. The Labute approximate surface area is 137 Å². The highest BCUT2D eigenvalue weighted by molar-refractivity contribution is 9.10. The fourth-order valence-electron chi connectivity index (χ4n) is 2.17. The third-order valence-corrected chi connectivity index (χ3v) is 4.07. The molecule has 21 heavy (non-hydrogen) atoms. The molecule has 0 saturated heterocycles.